The summed E-state index contributed by atoms with van der Waals surface area (Å²) in [5.74, 6) is -1.81. The SMILES string of the molecule is C[C@H]1CCc2c(sc(NC(=O)[C@@H]3CC=CC[C@@H]3C(=O)O)c2C(=O)NCc2ccco2)C1. The van der Waals surface area contributed by atoms with Gasteiger partial charge in [0.25, 0.3) is 5.91 Å². The molecule has 0 saturated carbocycles. The largest absolute Gasteiger partial charge is 0.481 e. The van der Waals surface area contributed by atoms with E-state index in [9.17, 15) is 19.5 Å². The van der Waals surface area contributed by atoms with Crippen LogP contribution in [0.5, 0.6) is 0 Å². The molecule has 164 valence electrons. The Morgan fingerprint density at radius 2 is 2.00 bits per heavy atom. The van der Waals surface area contributed by atoms with E-state index in [0.717, 1.165) is 29.7 Å². The average Bonchev–Trinajstić information content (AvgIpc) is 3.39. The second-order valence-corrected chi connectivity index (χ2v) is 9.41. The van der Waals surface area contributed by atoms with Crippen LogP contribution in [-0.2, 0) is 29.0 Å². The van der Waals surface area contributed by atoms with Crippen molar-refractivity contribution in [2.75, 3.05) is 5.32 Å². The molecule has 0 bridgehead atoms. The van der Waals surface area contributed by atoms with Crippen molar-refractivity contribution in [2.24, 2.45) is 17.8 Å². The third-order valence-corrected chi connectivity index (χ3v) is 7.23. The molecule has 2 aromatic rings. The first-order valence-electron chi connectivity index (χ1n) is 10.6. The summed E-state index contributed by atoms with van der Waals surface area (Å²) < 4.78 is 5.29. The molecule has 2 amide bonds. The van der Waals surface area contributed by atoms with E-state index in [0.29, 0.717) is 35.1 Å². The van der Waals surface area contributed by atoms with Crippen LogP contribution >= 0.6 is 11.3 Å². The molecule has 0 unspecified atom stereocenters. The number of furan rings is 1. The Labute approximate surface area is 184 Å². The van der Waals surface area contributed by atoms with Gasteiger partial charge in [-0.15, -0.1) is 11.3 Å². The van der Waals surface area contributed by atoms with Crippen molar-refractivity contribution in [3.63, 3.8) is 0 Å². The first-order valence-corrected chi connectivity index (χ1v) is 11.4. The number of carbonyl (C=O) groups excluding carboxylic acids is 2. The van der Waals surface area contributed by atoms with Gasteiger partial charge in [-0.3, -0.25) is 14.4 Å². The van der Waals surface area contributed by atoms with E-state index >= 15 is 0 Å². The molecular weight excluding hydrogens is 416 g/mol. The highest BCUT2D eigenvalue weighted by Gasteiger charge is 2.35. The molecule has 4 rings (SSSR count). The molecule has 31 heavy (non-hydrogen) atoms. The topological polar surface area (TPSA) is 109 Å². The summed E-state index contributed by atoms with van der Waals surface area (Å²) in [7, 11) is 0. The summed E-state index contributed by atoms with van der Waals surface area (Å²) in [6, 6.07) is 3.55. The number of carboxylic acids is 1. The standard InChI is InChI=1S/C23H26N2O5S/c1-13-8-9-17-18(11-13)31-22(19(17)21(27)24-12-14-5-4-10-30-14)25-20(26)15-6-2-3-7-16(15)23(28)29/h2-5,10,13,15-16H,6-9,11-12H2,1H3,(H,24,27)(H,25,26)(H,28,29)/t13-,15+,16-/m0/s1. The summed E-state index contributed by atoms with van der Waals surface area (Å²) in [5, 5.41) is 15.8. The van der Waals surface area contributed by atoms with Gasteiger partial charge in [0.05, 0.1) is 30.2 Å². The van der Waals surface area contributed by atoms with E-state index in [1.807, 2.05) is 6.08 Å². The molecule has 2 heterocycles. The smallest absolute Gasteiger partial charge is 0.307 e. The molecular formula is C23H26N2O5S. The van der Waals surface area contributed by atoms with Crippen LogP contribution in [0.2, 0.25) is 0 Å². The zero-order chi connectivity index (χ0) is 22.0. The molecule has 2 aliphatic rings. The molecule has 0 saturated heterocycles. The van der Waals surface area contributed by atoms with Crippen LogP contribution in [0.4, 0.5) is 5.00 Å². The summed E-state index contributed by atoms with van der Waals surface area (Å²) in [4.78, 5) is 38.9. The van der Waals surface area contributed by atoms with E-state index in [4.69, 9.17) is 4.42 Å². The van der Waals surface area contributed by atoms with Gasteiger partial charge in [-0.25, -0.2) is 0 Å². The highest BCUT2D eigenvalue weighted by molar-refractivity contribution is 7.17. The van der Waals surface area contributed by atoms with Crippen molar-refractivity contribution in [3.8, 4) is 0 Å². The highest BCUT2D eigenvalue weighted by Crippen LogP contribution is 2.40. The summed E-state index contributed by atoms with van der Waals surface area (Å²) in [6.07, 6.45) is 8.58. The van der Waals surface area contributed by atoms with Crippen LogP contribution in [0, 0.1) is 17.8 Å². The number of nitrogens with one attached hydrogen (secondary N) is 2. The first-order chi connectivity index (χ1) is 14.9. The zero-order valence-electron chi connectivity index (χ0n) is 17.3. The number of carbonyl (C=O) groups is 3. The Kier molecular flexibility index (Phi) is 6.27. The second-order valence-electron chi connectivity index (χ2n) is 8.30. The van der Waals surface area contributed by atoms with E-state index in [1.165, 1.54) is 11.3 Å². The number of aliphatic carboxylic acids is 1. The van der Waals surface area contributed by atoms with Gasteiger partial charge in [-0.1, -0.05) is 19.1 Å². The van der Waals surface area contributed by atoms with Crippen LogP contribution in [0.15, 0.2) is 35.0 Å². The number of hydrogen-bond donors (Lipinski definition) is 3. The van der Waals surface area contributed by atoms with Gasteiger partial charge in [-0.05, 0) is 55.7 Å². The van der Waals surface area contributed by atoms with Gasteiger partial charge in [0.2, 0.25) is 5.91 Å². The van der Waals surface area contributed by atoms with Crippen molar-refractivity contribution < 1.29 is 23.9 Å². The van der Waals surface area contributed by atoms with Crippen LogP contribution in [0.25, 0.3) is 0 Å². The number of rotatable bonds is 6. The normalized spacial score (nSPS) is 22.5. The number of amides is 2. The van der Waals surface area contributed by atoms with Gasteiger partial charge in [0.15, 0.2) is 0 Å². The van der Waals surface area contributed by atoms with E-state index in [2.05, 4.69) is 17.6 Å². The van der Waals surface area contributed by atoms with Crippen molar-refractivity contribution in [1.29, 1.82) is 0 Å². The third-order valence-electron chi connectivity index (χ3n) is 6.07. The maximum Gasteiger partial charge on any atom is 0.307 e. The molecule has 3 N–H and O–H groups in total. The minimum absolute atomic E-state index is 0.253. The van der Waals surface area contributed by atoms with E-state index in [1.54, 1.807) is 24.5 Å². The van der Waals surface area contributed by atoms with Gasteiger partial charge in [-0.2, -0.15) is 0 Å². The van der Waals surface area contributed by atoms with Gasteiger partial charge in [0.1, 0.15) is 10.8 Å². The van der Waals surface area contributed by atoms with Crippen molar-refractivity contribution in [1.82, 2.24) is 5.32 Å². The Morgan fingerprint density at radius 3 is 2.71 bits per heavy atom. The van der Waals surface area contributed by atoms with Crippen molar-refractivity contribution >= 4 is 34.1 Å². The highest BCUT2D eigenvalue weighted by atomic mass is 32.1. The van der Waals surface area contributed by atoms with Gasteiger partial charge in [0, 0.05) is 4.88 Å². The Bertz CT molecular complexity index is 1010. The van der Waals surface area contributed by atoms with Crippen LogP contribution < -0.4 is 10.6 Å². The van der Waals surface area contributed by atoms with Crippen LogP contribution in [0.3, 0.4) is 0 Å². The fourth-order valence-corrected chi connectivity index (χ4v) is 5.74. The van der Waals surface area contributed by atoms with Crippen molar-refractivity contribution in [2.45, 2.75) is 45.6 Å². The Balaban J connectivity index is 1.59. The molecule has 0 fully saturated rings. The maximum atomic E-state index is 13.1. The lowest BCUT2D eigenvalue weighted by atomic mass is 9.82. The fraction of sp³-hybridized carbons (Fsp3) is 0.435. The molecule has 0 aromatic carbocycles. The van der Waals surface area contributed by atoms with E-state index < -0.39 is 17.8 Å². The predicted octanol–water partition coefficient (Wildman–Crippen LogP) is 4.00. The quantitative estimate of drug-likeness (QED) is 0.586. The molecule has 3 atom stereocenters. The van der Waals surface area contributed by atoms with Gasteiger partial charge >= 0.3 is 5.97 Å². The van der Waals surface area contributed by atoms with E-state index in [-0.39, 0.29) is 18.4 Å². The zero-order valence-corrected chi connectivity index (χ0v) is 18.2. The molecule has 0 aliphatic heterocycles. The monoisotopic (exact) mass is 442 g/mol. The molecule has 2 aromatic heterocycles. The van der Waals surface area contributed by atoms with Crippen LogP contribution in [-0.4, -0.2) is 22.9 Å². The van der Waals surface area contributed by atoms with Crippen LogP contribution in [0.1, 0.15) is 52.7 Å². The molecule has 0 spiro atoms. The number of carboxylic acid groups (broad SMARTS) is 1. The minimum Gasteiger partial charge on any atom is -0.481 e. The number of anilines is 1. The minimum atomic E-state index is -0.972. The Morgan fingerprint density at radius 1 is 1.23 bits per heavy atom. The maximum absolute atomic E-state index is 13.1. The lowest BCUT2D eigenvalue weighted by molar-refractivity contribution is -0.146. The molecule has 8 heteroatoms. The summed E-state index contributed by atoms with van der Waals surface area (Å²) in [6.45, 7) is 2.44. The summed E-state index contributed by atoms with van der Waals surface area (Å²) >= 11 is 1.44. The lowest BCUT2D eigenvalue weighted by Gasteiger charge is -2.24. The second kappa shape index (κ2) is 9.09. The molecule has 7 nitrogen and oxygen atoms in total. The lowest BCUT2D eigenvalue weighted by Crippen LogP contribution is -2.35. The predicted molar refractivity (Wildman–Crippen MR) is 117 cm³/mol. The fourth-order valence-electron chi connectivity index (χ4n) is 4.33. The molecule has 0 radical (unpaired) electrons. The van der Waals surface area contributed by atoms with Crippen molar-refractivity contribution in [3.05, 3.63) is 52.3 Å². The van der Waals surface area contributed by atoms with Gasteiger partial charge < -0.3 is 20.2 Å². The first kappa shape index (κ1) is 21.4. The number of fused-ring (bicyclic) bond motifs is 1. The average molecular weight is 443 g/mol. The molecule has 2 aliphatic carbocycles. The third kappa shape index (κ3) is 4.58. The number of allylic oxidation sites excluding steroid dienone is 2. The number of hydrogen-bond acceptors (Lipinski definition) is 5. The Hall–Kier alpha value is -2.87. The number of thiophene rings is 1. The summed E-state index contributed by atoms with van der Waals surface area (Å²) in [5.41, 5.74) is 1.50.